The Kier molecular flexibility index (Phi) is 4.41. The van der Waals surface area contributed by atoms with Crippen LogP contribution in [-0.2, 0) is 7.05 Å². The molecule has 0 aliphatic carbocycles. The number of hydrogen-bond acceptors (Lipinski definition) is 4. The van der Waals surface area contributed by atoms with E-state index in [1.165, 1.54) is 0 Å². The number of aromatic nitrogens is 2. The first-order valence-corrected chi connectivity index (χ1v) is 6.18. The lowest BCUT2D eigenvalue weighted by Crippen LogP contribution is -2.22. The zero-order chi connectivity index (χ0) is 13.7. The lowest BCUT2D eigenvalue weighted by Gasteiger charge is -2.15. The van der Waals surface area contributed by atoms with E-state index in [-0.39, 0.29) is 5.92 Å². The molecular formula is C14H19N3O2. The summed E-state index contributed by atoms with van der Waals surface area (Å²) < 4.78 is 12.8. The molecule has 0 amide bonds. The zero-order valence-electron chi connectivity index (χ0n) is 11.2. The van der Waals surface area contributed by atoms with Crippen molar-refractivity contribution in [3.63, 3.8) is 0 Å². The Hall–Kier alpha value is -2.01. The highest BCUT2D eigenvalue weighted by Crippen LogP contribution is 2.19. The van der Waals surface area contributed by atoms with Crippen LogP contribution in [0, 0.1) is 0 Å². The summed E-state index contributed by atoms with van der Waals surface area (Å²) in [5.74, 6) is 2.64. The molecule has 0 bridgehead atoms. The molecule has 102 valence electrons. The van der Waals surface area contributed by atoms with Crippen molar-refractivity contribution in [1.29, 1.82) is 0 Å². The van der Waals surface area contributed by atoms with E-state index in [1.807, 2.05) is 42.1 Å². The molecule has 0 saturated heterocycles. The van der Waals surface area contributed by atoms with Gasteiger partial charge in [0.1, 0.15) is 17.3 Å². The first kappa shape index (κ1) is 13.4. The average molecular weight is 261 g/mol. The van der Waals surface area contributed by atoms with Crippen molar-refractivity contribution in [2.45, 2.75) is 5.92 Å². The highest BCUT2D eigenvalue weighted by molar-refractivity contribution is 5.31. The maximum absolute atomic E-state index is 5.79. The second kappa shape index (κ2) is 6.24. The van der Waals surface area contributed by atoms with Gasteiger partial charge in [-0.05, 0) is 24.3 Å². The van der Waals surface area contributed by atoms with Gasteiger partial charge in [-0.15, -0.1) is 0 Å². The summed E-state index contributed by atoms with van der Waals surface area (Å²) in [4.78, 5) is 4.31. The Morgan fingerprint density at radius 1 is 1.26 bits per heavy atom. The number of imidazole rings is 1. The molecule has 2 aromatic rings. The normalized spacial score (nSPS) is 12.2. The number of nitrogens with zero attached hydrogens (tertiary/aromatic N) is 2. The first-order valence-electron chi connectivity index (χ1n) is 6.18. The molecule has 1 aromatic heterocycles. The maximum atomic E-state index is 5.79. The summed E-state index contributed by atoms with van der Waals surface area (Å²) >= 11 is 0. The second-order valence-electron chi connectivity index (χ2n) is 4.32. The van der Waals surface area contributed by atoms with Gasteiger partial charge in [0.05, 0.1) is 19.6 Å². The molecule has 0 fully saturated rings. The van der Waals surface area contributed by atoms with E-state index >= 15 is 0 Å². The Labute approximate surface area is 113 Å². The van der Waals surface area contributed by atoms with Crippen LogP contribution in [0.5, 0.6) is 11.5 Å². The van der Waals surface area contributed by atoms with E-state index in [4.69, 9.17) is 15.2 Å². The molecule has 1 unspecified atom stereocenters. The Morgan fingerprint density at radius 3 is 2.47 bits per heavy atom. The Balaban J connectivity index is 1.98. The van der Waals surface area contributed by atoms with Crippen LogP contribution < -0.4 is 15.2 Å². The minimum absolute atomic E-state index is 0.0853. The van der Waals surface area contributed by atoms with E-state index < -0.39 is 0 Å². The quantitative estimate of drug-likeness (QED) is 0.857. The van der Waals surface area contributed by atoms with Crippen LogP contribution in [0.4, 0.5) is 0 Å². The fraction of sp³-hybridized carbons (Fsp3) is 0.357. The number of benzene rings is 1. The third-order valence-electron chi connectivity index (χ3n) is 3.02. The van der Waals surface area contributed by atoms with Gasteiger partial charge in [-0.2, -0.15) is 0 Å². The smallest absolute Gasteiger partial charge is 0.119 e. The molecule has 1 atom stereocenters. The average Bonchev–Trinajstić information content (AvgIpc) is 2.87. The van der Waals surface area contributed by atoms with Gasteiger partial charge < -0.3 is 19.8 Å². The molecule has 1 aromatic carbocycles. The van der Waals surface area contributed by atoms with E-state index in [0.717, 1.165) is 17.3 Å². The van der Waals surface area contributed by atoms with Crippen molar-refractivity contribution in [3.8, 4) is 11.5 Å². The summed E-state index contributed by atoms with van der Waals surface area (Å²) in [7, 11) is 3.60. The lowest BCUT2D eigenvalue weighted by molar-refractivity contribution is 0.283. The van der Waals surface area contributed by atoms with Gasteiger partial charge in [0, 0.05) is 26.0 Å². The minimum Gasteiger partial charge on any atom is -0.497 e. The molecule has 0 saturated carbocycles. The van der Waals surface area contributed by atoms with Gasteiger partial charge in [-0.1, -0.05) is 0 Å². The molecule has 2 rings (SSSR count). The van der Waals surface area contributed by atoms with Crippen molar-refractivity contribution in [1.82, 2.24) is 9.55 Å². The highest BCUT2D eigenvalue weighted by atomic mass is 16.5. The summed E-state index contributed by atoms with van der Waals surface area (Å²) in [6.45, 7) is 1.01. The van der Waals surface area contributed by atoms with Gasteiger partial charge >= 0.3 is 0 Å². The second-order valence-corrected chi connectivity index (χ2v) is 4.32. The number of ether oxygens (including phenoxy) is 2. The monoisotopic (exact) mass is 261 g/mol. The number of methoxy groups -OCH3 is 1. The molecule has 0 spiro atoms. The Morgan fingerprint density at radius 2 is 1.95 bits per heavy atom. The van der Waals surface area contributed by atoms with Crippen LogP contribution in [0.3, 0.4) is 0 Å². The summed E-state index contributed by atoms with van der Waals surface area (Å²) in [6.07, 6.45) is 3.68. The van der Waals surface area contributed by atoms with Gasteiger partial charge in [-0.25, -0.2) is 4.98 Å². The topological polar surface area (TPSA) is 62.3 Å². The van der Waals surface area contributed by atoms with E-state index in [1.54, 1.807) is 13.3 Å². The highest BCUT2D eigenvalue weighted by Gasteiger charge is 2.15. The van der Waals surface area contributed by atoms with Crippen molar-refractivity contribution >= 4 is 0 Å². The predicted molar refractivity (Wildman–Crippen MR) is 73.5 cm³/mol. The van der Waals surface area contributed by atoms with Crippen molar-refractivity contribution < 1.29 is 9.47 Å². The lowest BCUT2D eigenvalue weighted by atomic mass is 10.1. The minimum atomic E-state index is 0.0853. The van der Waals surface area contributed by atoms with Gasteiger partial charge in [0.2, 0.25) is 0 Å². The molecule has 19 heavy (non-hydrogen) atoms. The number of aryl methyl sites for hydroxylation is 1. The molecule has 0 aliphatic heterocycles. The van der Waals surface area contributed by atoms with Crippen LogP contribution in [0.2, 0.25) is 0 Å². The van der Waals surface area contributed by atoms with Crippen LogP contribution in [0.25, 0.3) is 0 Å². The Bertz CT molecular complexity index is 508. The number of rotatable bonds is 6. The molecular weight excluding hydrogens is 242 g/mol. The summed E-state index contributed by atoms with van der Waals surface area (Å²) in [6, 6.07) is 7.50. The van der Waals surface area contributed by atoms with Crippen LogP contribution in [0.1, 0.15) is 11.7 Å². The zero-order valence-corrected chi connectivity index (χ0v) is 11.2. The van der Waals surface area contributed by atoms with E-state index in [0.29, 0.717) is 13.2 Å². The first-order chi connectivity index (χ1) is 9.24. The number of nitrogens with two attached hydrogens (primary N) is 1. The predicted octanol–water partition coefficient (Wildman–Crippen LogP) is 1.55. The third kappa shape index (κ3) is 3.26. The molecule has 1 heterocycles. The molecule has 5 heteroatoms. The van der Waals surface area contributed by atoms with E-state index in [9.17, 15) is 0 Å². The largest absolute Gasteiger partial charge is 0.497 e. The maximum Gasteiger partial charge on any atom is 0.119 e. The van der Waals surface area contributed by atoms with Gasteiger partial charge in [0.15, 0.2) is 0 Å². The third-order valence-corrected chi connectivity index (χ3v) is 3.02. The van der Waals surface area contributed by atoms with Crippen molar-refractivity contribution in [2.24, 2.45) is 12.8 Å². The van der Waals surface area contributed by atoms with Gasteiger partial charge in [0.25, 0.3) is 0 Å². The fourth-order valence-corrected chi connectivity index (χ4v) is 1.89. The fourth-order valence-electron chi connectivity index (χ4n) is 1.89. The summed E-state index contributed by atoms with van der Waals surface area (Å²) in [5.41, 5.74) is 5.79. The van der Waals surface area contributed by atoms with Crippen LogP contribution in [-0.4, -0.2) is 29.8 Å². The van der Waals surface area contributed by atoms with Crippen LogP contribution in [0.15, 0.2) is 36.7 Å². The summed E-state index contributed by atoms with van der Waals surface area (Å²) in [5, 5.41) is 0. The van der Waals surface area contributed by atoms with E-state index in [2.05, 4.69) is 4.98 Å². The molecule has 0 radical (unpaired) electrons. The van der Waals surface area contributed by atoms with Crippen molar-refractivity contribution in [3.05, 3.63) is 42.5 Å². The van der Waals surface area contributed by atoms with Crippen molar-refractivity contribution in [2.75, 3.05) is 20.3 Å². The molecule has 2 N–H and O–H groups in total. The SMILES string of the molecule is COc1ccc(OCC(CN)c2nccn2C)cc1. The molecule has 0 aliphatic rings. The van der Waals surface area contributed by atoms with Crippen LogP contribution >= 0.6 is 0 Å². The van der Waals surface area contributed by atoms with Gasteiger partial charge in [-0.3, -0.25) is 0 Å². The standard InChI is InChI=1S/C14H19N3O2/c1-17-8-7-16-14(17)11(9-15)10-19-13-5-3-12(18-2)4-6-13/h3-8,11H,9-10,15H2,1-2H3. The number of hydrogen-bond donors (Lipinski definition) is 1. The molecule has 5 nitrogen and oxygen atoms in total.